The molecule has 1 aromatic carbocycles. The summed E-state index contributed by atoms with van der Waals surface area (Å²) in [6, 6.07) is 10.5. The molecule has 4 nitrogen and oxygen atoms in total. The van der Waals surface area contributed by atoms with Crippen molar-refractivity contribution in [3.63, 3.8) is 0 Å². The van der Waals surface area contributed by atoms with E-state index in [9.17, 15) is 0 Å². The number of nitrogens with zero attached hydrogens (tertiary/aromatic N) is 1. The zero-order chi connectivity index (χ0) is 22.2. The molecule has 2 fully saturated rings. The van der Waals surface area contributed by atoms with Crippen molar-refractivity contribution in [2.75, 3.05) is 13.2 Å². The Kier molecular flexibility index (Phi) is 6.75. The van der Waals surface area contributed by atoms with E-state index in [2.05, 4.69) is 90.8 Å². The van der Waals surface area contributed by atoms with Gasteiger partial charge in [-0.25, -0.2) is 0 Å². The van der Waals surface area contributed by atoms with Gasteiger partial charge in [-0.15, -0.1) is 0 Å². The Balaban J connectivity index is 1.93. The van der Waals surface area contributed by atoms with Gasteiger partial charge in [-0.1, -0.05) is 65.0 Å². The molecule has 4 atom stereocenters. The van der Waals surface area contributed by atoms with E-state index in [0.29, 0.717) is 0 Å². The zero-order valence-corrected chi connectivity index (χ0v) is 20.5. The van der Waals surface area contributed by atoms with Gasteiger partial charge in [0.05, 0.1) is 18.8 Å². The van der Waals surface area contributed by atoms with Gasteiger partial charge in [-0.05, 0) is 45.6 Å². The van der Waals surface area contributed by atoms with Crippen LogP contribution in [-0.2, 0) is 14.3 Å². The van der Waals surface area contributed by atoms with Crippen LogP contribution in [0.4, 0.5) is 0 Å². The fraction of sp³-hybridized carbons (Fsp3) is 0.769. The monoisotopic (exact) mass is 417 g/mol. The van der Waals surface area contributed by atoms with E-state index in [1.165, 1.54) is 5.56 Å². The van der Waals surface area contributed by atoms with Gasteiger partial charge in [0.15, 0.2) is 5.79 Å². The molecule has 0 aliphatic carbocycles. The Hall–Kier alpha value is -0.940. The summed E-state index contributed by atoms with van der Waals surface area (Å²) in [5.41, 5.74) is 0.920. The van der Waals surface area contributed by atoms with E-state index < -0.39 is 5.79 Å². The molecule has 2 saturated heterocycles. The Labute approximate surface area is 184 Å². The van der Waals surface area contributed by atoms with Crippen LogP contribution in [0.2, 0.25) is 0 Å². The molecule has 2 heterocycles. The van der Waals surface area contributed by atoms with Crippen molar-refractivity contribution < 1.29 is 14.3 Å². The average Bonchev–Trinajstić information content (AvgIpc) is 2.78. The van der Waals surface area contributed by atoms with E-state index in [4.69, 9.17) is 14.3 Å². The normalized spacial score (nSPS) is 41.1. The number of hydroxylamine groups is 2. The van der Waals surface area contributed by atoms with Gasteiger partial charge in [0.25, 0.3) is 0 Å². The summed E-state index contributed by atoms with van der Waals surface area (Å²) in [5, 5.41) is 2.31. The molecule has 3 rings (SSSR count). The molecule has 0 radical (unpaired) electrons. The van der Waals surface area contributed by atoms with Crippen LogP contribution < -0.4 is 0 Å². The first-order chi connectivity index (χ1) is 14.1. The highest BCUT2D eigenvalue weighted by molar-refractivity contribution is 5.17. The van der Waals surface area contributed by atoms with E-state index in [1.54, 1.807) is 0 Å². The Morgan fingerprint density at radius 3 is 2.10 bits per heavy atom. The highest BCUT2D eigenvalue weighted by Gasteiger charge is 2.63. The molecular weight excluding hydrogens is 374 g/mol. The molecule has 0 amide bonds. The van der Waals surface area contributed by atoms with Gasteiger partial charge >= 0.3 is 0 Å². The zero-order valence-electron chi connectivity index (χ0n) is 20.5. The van der Waals surface area contributed by atoms with Crippen molar-refractivity contribution in [1.29, 1.82) is 0 Å². The summed E-state index contributed by atoms with van der Waals surface area (Å²) in [6.45, 7) is 19.6. The second-order valence-corrected chi connectivity index (χ2v) is 10.5. The lowest BCUT2D eigenvalue weighted by Crippen LogP contribution is -2.73. The second-order valence-electron chi connectivity index (χ2n) is 10.5. The number of rotatable bonds is 6. The molecule has 0 aromatic heterocycles. The van der Waals surface area contributed by atoms with Crippen LogP contribution in [0.3, 0.4) is 0 Å². The van der Waals surface area contributed by atoms with Crippen molar-refractivity contribution in [2.45, 2.75) is 104 Å². The predicted molar refractivity (Wildman–Crippen MR) is 122 cm³/mol. The third kappa shape index (κ3) is 3.97. The molecule has 2 aliphatic heterocycles. The highest BCUT2D eigenvalue weighted by atomic mass is 16.7. The first kappa shape index (κ1) is 23.7. The lowest BCUT2D eigenvalue weighted by molar-refractivity contribution is -0.415. The van der Waals surface area contributed by atoms with Gasteiger partial charge in [0.1, 0.15) is 6.10 Å². The molecule has 170 valence electrons. The molecule has 1 spiro atoms. The summed E-state index contributed by atoms with van der Waals surface area (Å²) >= 11 is 0. The van der Waals surface area contributed by atoms with Crippen LogP contribution in [0.25, 0.3) is 0 Å². The predicted octanol–water partition coefficient (Wildman–Crippen LogP) is 6.52. The topological polar surface area (TPSA) is 30.9 Å². The van der Waals surface area contributed by atoms with Gasteiger partial charge in [0.2, 0.25) is 0 Å². The fourth-order valence-corrected chi connectivity index (χ4v) is 5.16. The maximum Gasteiger partial charge on any atom is 0.174 e. The van der Waals surface area contributed by atoms with E-state index in [-0.39, 0.29) is 28.5 Å². The number of ether oxygens (including phenoxy) is 2. The number of piperidine rings is 1. The molecule has 1 aromatic rings. The standard InChI is InChI=1S/C26H43NO3/c1-9-23(6)18-28-26(29-19-23)17-24(7,10-2)27(25(8,11-3)21(26)5)30-20(4)22-15-13-12-14-16-22/h12-16,20-21H,9-11,17-19H2,1-8H3. The summed E-state index contributed by atoms with van der Waals surface area (Å²) in [7, 11) is 0. The third-order valence-corrected chi connectivity index (χ3v) is 8.37. The summed E-state index contributed by atoms with van der Waals surface area (Å²) in [4.78, 5) is 6.78. The fourth-order valence-electron chi connectivity index (χ4n) is 5.16. The second kappa shape index (κ2) is 8.54. The third-order valence-electron chi connectivity index (χ3n) is 8.37. The van der Waals surface area contributed by atoms with Crippen molar-refractivity contribution in [3.8, 4) is 0 Å². The van der Waals surface area contributed by atoms with Crippen molar-refractivity contribution in [1.82, 2.24) is 5.06 Å². The molecule has 4 unspecified atom stereocenters. The van der Waals surface area contributed by atoms with Gasteiger partial charge in [-0.2, -0.15) is 5.06 Å². The van der Waals surface area contributed by atoms with E-state index in [0.717, 1.165) is 38.9 Å². The van der Waals surface area contributed by atoms with Crippen molar-refractivity contribution >= 4 is 0 Å². The first-order valence-electron chi connectivity index (χ1n) is 11.9. The SMILES string of the molecule is CCC1(C)COC2(CC(C)(CC)N(OC(C)c3ccccc3)C(C)(CC)C2C)OC1. The van der Waals surface area contributed by atoms with Gasteiger partial charge in [0, 0.05) is 23.3 Å². The van der Waals surface area contributed by atoms with Crippen LogP contribution in [0.15, 0.2) is 30.3 Å². The summed E-state index contributed by atoms with van der Waals surface area (Å²) < 4.78 is 13.3. The maximum absolute atomic E-state index is 6.78. The van der Waals surface area contributed by atoms with Crippen LogP contribution in [0.1, 0.15) is 92.7 Å². The lowest BCUT2D eigenvalue weighted by atomic mass is 9.66. The van der Waals surface area contributed by atoms with Crippen LogP contribution in [0.5, 0.6) is 0 Å². The van der Waals surface area contributed by atoms with E-state index in [1.807, 2.05) is 0 Å². The average molecular weight is 418 g/mol. The van der Waals surface area contributed by atoms with Crippen LogP contribution >= 0.6 is 0 Å². The molecule has 4 heteroatoms. The maximum atomic E-state index is 6.78. The highest BCUT2D eigenvalue weighted by Crippen LogP contribution is 2.55. The minimum Gasteiger partial charge on any atom is -0.349 e. The van der Waals surface area contributed by atoms with Crippen molar-refractivity contribution in [3.05, 3.63) is 35.9 Å². The van der Waals surface area contributed by atoms with Gasteiger partial charge < -0.3 is 9.47 Å². The van der Waals surface area contributed by atoms with Crippen molar-refractivity contribution in [2.24, 2.45) is 11.3 Å². The van der Waals surface area contributed by atoms with Crippen LogP contribution in [0, 0.1) is 11.3 Å². The number of benzene rings is 1. The largest absolute Gasteiger partial charge is 0.349 e. The molecule has 0 saturated carbocycles. The molecule has 2 aliphatic rings. The molecule has 30 heavy (non-hydrogen) atoms. The molecule has 0 bridgehead atoms. The summed E-state index contributed by atoms with van der Waals surface area (Å²) in [5.74, 6) is -0.376. The first-order valence-corrected chi connectivity index (χ1v) is 11.9. The minimum atomic E-state index is -0.556. The Morgan fingerprint density at radius 2 is 1.60 bits per heavy atom. The number of hydrogen-bond acceptors (Lipinski definition) is 4. The summed E-state index contributed by atoms with van der Waals surface area (Å²) in [6.07, 6.45) is 3.80. The molecule has 0 N–H and O–H groups in total. The van der Waals surface area contributed by atoms with Crippen LogP contribution in [-0.4, -0.2) is 35.1 Å². The van der Waals surface area contributed by atoms with E-state index >= 15 is 0 Å². The van der Waals surface area contributed by atoms with Gasteiger partial charge in [-0.3, -0.25) is 4.84 Å². The quantitative estimate of drug-likeness (QED) is 0.527. The lowest BCUT2D eigenvalue weighted by Gasteiger charge is -2.64. The smallest absolute Gasteiger partial charge is 0.174 e. The minimum absolute atomic E-state index is 0.0132. The Morgan fingerprint density at radius 1 is 1.00 bits per heavy atom. The Bertz CT molecular complexity index is 699. The molecular formula is C26H43NO3. The number of hydrogen-bond donors (Lipinski definition) is 0.